The number of hydrogen-bond acceptors (Lipinski definition) is 7. The average molecular weight is 486 g/mol. The fraction of sp³-hybridized carbons (Fsp3) is 0.292. The number of ether oxygens (including phenoxy) is 1. The van der Waals surface area contributed by atoms with Crippen LogP contribution in [0, 0.1) is 10.1 Å². The number of aryl methyl sites for hydroxylation is 1. The van der Waals surface area contributed by atoms with Crippen LogP contribution in [0.1, 0.15) is 44.2 Å². The molecule has 0 spiro atoms. The van der Waals surface area contributed by atoms with Gasteiger partial charge in [0.05, 0.1) is 35.3 Å². The Morgan fingerprint density at radius 3 is 2.56 bits per heavy atom. The minimum atomic E-state index is -0.922. The molecule has 1 atom stereocenters. The van der Waals surface area contributed by atoms with Crippen molar-refractivity contribution in [1.82, 2.24) is 10.3 Å². The fourth-order valence-corrected chi connectivity index (χ4v) is 3.45. The maximum absolute atomic E-state index is 12.7. The Balaban J connectivity index is 1.69. The summed E-state index contributed by atoms with van der Waals surface area (Å²) in [6, 6.07) is 12.1. The molecular formula is C24H24ClN3O6. The molecule has 0 aliphatic heterocycles. The van der Waals surface area contributed by atoms with Gasteiger partial charge < -0.3 is 14.5 Å². The number of aromatic nitrogens is 1. The molecule has 1 heterocycles. The van der Waals surface area contributed by atoms with E-state index >= 15 is 0 Å². The van der Waals surface area contributed by atoms with E-state index < -0.39 is 22.8 Å². The van der Waals surface area contributed by atoms with Crippen LogP contribution in [0.15, 0.2) is 59.1 Å². The third-order valence-corrected chi connectivity index (χ3v) is 5.08. The third-order valence-electron chi connectivity index (χ3n) is 4.83. The van der Waals surface area contributed by atoms with E-state index in [-0.39, 0.29) is 36.6 Å². The highest BCUT2D eigenvalue weighted by Gasteiger charge is 2.26. The summed E-state index contributed by atoms with van der Waals surface area (Å²) < 4.78 is 10.9. The number of carbonyl (C=O) groups is 2. The number of amides is 1. The first-order valence-corrected chi connectivity index (χ1v) is 11.0. The molecule has 0 bridgehead atoms. The molecule has 0 fully saturated rings. The van der Waals surface area contributed by atoms with Crippen molar-refractivity contribution in [3.05, 3.63) is 81.3 Å². The molecule has 3 rings (SSSR count). The van der Waals surface area contributed by atoms with E-state index in [4.69, 9.17) is 20.8 Å². The summed E-state index contributed by atoms with van der Waals surface area (Å²) >= 11 is 5.90. The summed E-state index contributed by atoms with van der Waals surface area (Å²) in [6.45, 7) is 3.40. The first kappa shape index (κ1) is 24.9. The van der Waals surface area contributed by atoms with Crippen LogP contribution in [-0.2, 0) is 20.7 Å². The lowest BCUT2D eigenvalue weighted by molar-refractivity contribution is -0.385. The van der Waals surface area contributed by atoms with Gasteiger partial charge in [0.15, 0.2) is 11.7 Å². The quantitative estimate of drug-likeness (QED) is 0.242. The lowest BCUT2D eigenvalue weighted by Gasteiger charge is -2.19. The van der Waals surface area contributed by atoms with E-state index in [1.165, 1.54) is 18.2 Å². The Morgan fingerprint density at radius 2 is 1.88 bits per heavy atom. The Morgan fingerprint density at radius 1 is 1.18 bits per heavy atom. The second-order valence-electron chi connectivity index (χ2n) is 7.80. The molecule has 1 amide bonds. The number of hydrogen-bond donors (Lipinski definition) is 1. The van der Waals surface area contributed by atoms with E-state index in [1.807, 2.05) is 0 Å². The average Bonchev–Trinajstić information content (AvgIpc) is 3.26. The van der Waals surface area contributed by atoms with Crippen molar-refractivity contribution < 1.29 is 23.7 Å². The molecule has 10 heteroatoms. The third kappa shape index (κ3) is 6.89. The highest BCUT2D eigenvalue weighted by atomic mass is 35.5. The van der Waals surface area contributed by atoms with Gasteiger partial charge in [0.2, 0.25) is 5.91 Å². The number of nitrogens with zero attached hydrogens (tertiary/aromatic N) is 2. The smallest absolute Gasteiger partial charge is 0.308 e. The zero-order valence-electron chi connectivity index (χ0n) is 18.7. The number of oxazole rings is 1. The highest BCUT2D eigenvalue weighted by molar-refractivity contribution is 6.30. The SMILES string of the molecule is CC(C)OC(=O)CC(NC(=O)CCc1ncc(-c2ccc(Cl)cc2)o1)c1ccccc1[N+](=O)[O-]. The Labute approximate surface area is 201 Å². The Kier molecular flexibility index (Phi) is 8.37. The molecule has 0 saturated heterocycles. The zero-order chi connectivity index (χ0) is 24.7. The lowest BCUT2D eigenvalue weighted by atomic mass is 10.0. The predicted molar refractivity (Wildman–Crippen MR) is 125 cm³/mol. The summed E-state index contributed by atoms with van der Waals surface area (Å²) in [4.78, 5) is 40.1. The standard InChI is InChI=1S/C24H24ClN3O6/c1-15(2)33-24(30)13-19(18-5-3-4-6-20(18)28(31)32)27-22(29)11-12-23-26-14-21(34-23)16-7-9-17(25)10-8-16/h3-10,14-15,19H,11-13H2,1-2H3,(H,27,29). The van der Waals surface area contributed by atoms with Crippen LogP contribution < -0.4 is 5.32 Å². The largest absolute Gasteiger partial charge is 0.463 e. The van der Waals surface area contributed by atoms with Gasteiger partial charge in [0.25, 0.3) is 5.69 Å². The van der Waals surface area contributed by atoms with Gasteiger partial charge >= 0.3 is 5.97 Å². The molecule has 0 saturated carbocycles. The second-order valence-corrected chi connectivity index (χ2v) is 8.24. The molecule has 9 nitrogen and oxygen atoms in total. The number of nitrogens with one attached hydrogen (secondary N) is 1. The number of nitro groups is 1. The minimum Gasteiger partial charge on any atom is -0.463 e. The first-order valence-electron chi connectivity index (χ1n) is 10.7. The molecule has 1 N–H and O–H groups in total. The van der Waals surface area contributed by atoms with Crippen LogP contribution in [0.25, 0.3) is 11.3 Å². The number of rotatable bonds is 10. The number of carbonyl (C=O) groups excluding carboxylic acids is 2. The summed E-state index contributed by atoms with van der Waals surface area (Å²) in [5.41, 5.74) is 0.834. The van der Waals surface area contributed by atoms with Crippen LogP contribution in [0.3, 0.4) is 0 Å². The summed E-state index contributed by atoms with van der Waals surface area (Å²) in [7, 11) is 0. The van der Waals surface area contributed by atoms with Gasteiger partial charge in [-0.25, -0.2) is 4.98 Å². The maximum Gasteiger partial charge on any atom is 0.308 e. The van der Waals surface area contributed by atoms with Gasteiger partial charge in [-0.1, -0.05) is 29.8 Å². The topological polar surface area (TPSA) is 125 Å². The van der Waals surface area contributed by atoms with Crippen LogP contribution in [0.2, 0.25) is 5.02 Å². The van der Waals surface area contributed by atoms with E-state index in [9.17, 15) is 19.7 Å². The molecule has 3 aromatic rings. The fourth-order valence-electron chi connectivity index (χ4n) is 3.33. The van der Waals surface area contributed by atoms with Crippen molar-refractivity contribution in [2.75, 3.05) is 0 Å². The molecule has 1 aromatic heterocycles. The van der Waals surface area contributed by atoms with Gasteiger partial charge in [-0.15, -0.1) is 0 Å². The predicted octanol–water partition coefficient (Wildman–Crippen LogP) is 5.04. The zero-order valence-corrected chi connectivity index (χ0v) is 19.4. The number of esters is 1. The second kappa shape index (κ2) is 11.4. The van der Waals surface area contributed by atoms with Crippen LogP contribution >= 0.6 is 11.6 Å². The summed E-state index contributed by atoms with van der Waals surface area (Å²) in [5.74, 6) is -0.0756. The van der Waals surface area contributed by atoms with Crippen molar-refractivity contribution in [2.45, 2.75) is 45.3 Å². The van der Waals surface area contributed by atoms with Crippen molar-refractivity contribution in [2.24, 2.45) is 0 Å². The monoisotopic (exact) mass is 485 g/mol. The molecular weight excluding hydrogens is 462 g/mol. The lowest BCUT2D eigenvalue weighted by Crippen LogP contribution is -2.31. The summed E-state index contributed by atoms with van der Waals surface area (Å²) in [5, 5.41) is 14.8. The Hall–Kier alpha value is -3.72. The molecule has 34 heavy (non-hydrogen) atoms. The molecule has 0 radical (unpaired) electrons. The van der Waals surface area contributed by atoms with Crippen molar-refractivity contribution in [3.8, 4) is 11.3 Å². The van der Waals surface area contributed by atoms with E-state index in [0.717, 1.165) is 5.56 Å². The first-order chi connectivity index (χ1) is 16.2. The molecule has 0 aliphatic carbocycles. The molecule has 178 valence electrons. The van der Waals surface area contributed by atoms with Gasteiger partial charge in [-0.2, -0.15) is 0 Å². The highest BCUT2D eigenvalue weighted by Crippen LogP contribution is 2.28. The van der Waals surface area contributed by atoms with Crippen LogP contribution in [0.4, 0.5) is 5.69 Å². The van der Waals surface area contributed by atoms with Crippen molar-refractivity contribution in [1.29, 1.82) is 0 Å². The van der Waals surface area contributed by atoms with Gasteiger partial charge in [0, 0.05) is 29.5 Å². The number of para-hydroxylation sites is 1. The van der Waals surface area contributed by atoms with Gasteiger partial charge in [0.1, 0.15) is 0 Å². The van der Waals surface area contributed by atoms with Crippen molar-refractivity contribution in [3.63, 3.8) is 0 Å². The molecule has 2 aromatic carbocycles. The Bertz CT molecular complexity index is 1160. The van der Waals surface area contributed by atoms with Crippen molar-refractivity contribution >= 4 is 29.2 Å². The van der Waals surface area contributed by atoms with Gasteiger partial charge in [-0.05, 0) is 38.1 Å². The van der Waals surface area contributed by atoms with Crippen LogP contribution in [0.5, 0.6) is 0 Å². The molecule has 0 aliphatic rings. The minimum absolute atomic E-state index is 0.0108. The van der Waals surface area contributed by atoms with E-state index in [1.54, 1.807) is 50.4 Å². The number of halogens is 1. The number of benzene rings is 2. The van der Waals surface area contributed by atoms with Crippen LogP contribution in [-0.4, -0.2) is 27.9 Å². The normalized spacial score (nSPS) is 11.8. The van der Waals surface area contributed by atoms with E-state index in [0.29, 0.717) is 16.7 Å². The summed E-state index contributed by atoms with van der Waals surface area (Å²) in [6.07, 6.45) is 1.19. The maximum atomic E-state index is 12.7. The number of nitro benzene ring substituents is 1. The van der Waals surface area contributed by atoms with E-state index in [2.05, 4.69) is 10.3 Å². The van der Waals surface area contributed by atoms with Gasteiger partial charge in [-0.3, -0.25) is 19.7 Å². The molecule has 1 unspecified atom stereocenters.